The van der Waals surface area contributed by atoms with Crippen LogP contribution in [0.1, 0.15) is 17.0 Å². The molecule has 1 aliphatic heterocycles. The molecule has 0 radical (unpaired) electrons. The minimum Gasteiger partial charge on any atom is -0.339 e. The van der Waals surface area contributed by atoms with E-state index in [-0.39, 0.29) is 11.8 Å². The molecule has 3 heterocycles. The normalized spacial score (nSPS) is 15.3. The van der Waals surface area contributed by atoms with Crippen LogP contribution in [0, 0.1) is 0 Å². The van der Waals surface area contributed by atoms with E-state index in [1.54, 1.807) is 24.8 Å². The van der Waals surface area contributed by atoms with Crippen LogP contribution >= 0.6 is 0 Å². The Bertz CT molecular complexity index is 881. The lowest BCUT2D eigenvalue weighted by molar-refractivity contribution is -0.133. The summed E-state index contributed by atoms with van der Waals surface area (Å²) in [6, 6.07) is 15.8. The molecule has 0 N–H and O–H groups in total. The molecular formula is C22H23N5O. The number of nitrogens with zero attached hydrogens (tertiary/aromatic N) is 5. The summed E-state index contributed by atoms with van der Waals surface area (Å²) in [6.45, 7) is 2.84. The predicted octanol–water partition coefficient (Wildman–Crippen LogP) is 2.55. The number of pyridine rings is 1. The standard InChI is InChI=1S/C22H23N5O/c28-21(26-13-15-27(16-14-26)22-24-9-4-10-25-22)20(19-5-2-1-3-6-19)17-18-7-11-23-12-8-18/h1-12,20H,13-17H2. The summed E-state index contributed by atoms with van der Waals surface area (Å²) in [6.07, 6.45) is 7.73. The molecule has 1 fully saturated rings. The van der Waals surface area contributed by atoms with Crippen LogP contribution in [0.15, 0.2) is 73.3 Å². The molecular weight excluding hydrogens is 350 g/mol. The van der Waals surface area contributed by atoms with Crippen LogP contribution in [-0.2, 0) is 11.2 Å². The summed E-state index contributed by atoms with van der Waals surface area (Å²) in [5.41, 5.74) is 2.17. The molecule has 4 rings (SSSR count). The van der Waals surface area contributed by atoms with E-state index in [1.165, 1.54) is 0 Å². The van der Waals surface area contributed by atoms with Crippen molar-refractivity contribution in [3.05, 3.63) is 84.4 Å². The van der Waals surface area contributed by atoms with Crippen molar-refractivity contribution in [1.29, 1.82) is 0 Å². The van der Waals surface area contributed by atoms with E-state index in [0.29, 0.717) is 19.5 Å². The van der Waals surface area contributed by atoms with E-state index in [4.69, 9.17) is 0 Å². The summed E-state index contributed by atoms with van der Waals surface area (Å²) in [4.78, 5) is 30.2. The number of carbonyl (C=O) groups excluding carboxylic acids is 1. The van der Waals surface area contributed by atoms with Crippen molar-refractivity contribution >= 4 is 11.9 Å². The number of aromatic nitrogens is 3. The number of rotatable bonds is 5. The molecule has 3 aromatic rings. The lowest BCUT2D eigenvalue weighted by Crippen LogP contribution is -2.50. The molecule has 1 atom stereocenters. The van der Waals surface area contributed by atoms with Crippen molar-refractivity contribution < 1.29 is 4.79 Å². The lowest BCUT2D eigenvalue weighted by atomic mass is 9.91. The molecule has 1 aliphatic rings. The highest BCUT2D eigenvalue weighted by atomic mass is 16.2. The number of piperazine rings is 1. The minimum absolute atomic E-state index is 0.177. The number of hydrogen-bond acceptors (Lipinski definition) is 5. The topological polar surface area (TPSA) is 62.2 Å². The molecule has 0 bridgehead atoms. The Kier molecular flexibility index (Phi) is 5.56. The third-order valence-electron chi connectivity index (χ3n) is 5.12. The van der Waals surface area contributed by atoms with Gasteiger partial charge < -0.3 is 9.80 Å². The third-order valence-corrected chi connectivity index (χ3v) is 5.12. The molecule has 28 heavy (non-hydrogen) atoms. The van der Waals surface area contributed by atoms with Gasteiger partial charge in [0.15, 0.2) is 0 Å². The lowest BCUT2D eigenvalue weighted by Gasteiger charge is -2.36. The van der Waals surface area contributed by atoms with Gasteiger partial charge in [-0.15, -0.1) is 0 Å². The maximum absolute atomic E-state index is 13.4. The maximum atomic E-state index is 13.4. The van der Waals surface area contributed by atoms with E-state index < -0.39 is 0 Å². The van der Waals surface area contributed by atoms with Gasteiger partial charge in [0.1, 0.15) is 0 Å². The monoisotopic (exact) mass is 373 g/mol. The molecule has 0 spiro atoms. The minimum atomic E-state index is -0.192. The first kappa shape index (κ1) is 18.1. The Morgan fingerprint density at radius 2 is 1.54 bits per heavy atom. The van der Waals surface area contributed by atoms with E-state index >= 15 is 0 Å². The van der Waals surface area contributed by atoms with Crippen LogP contribution in [0.4, 0.5) is 5.95 Å². The second kappa shape index (κ2) is 8.61. The fourth-order valence-electron chi connectivity index (χ4n) is 3.59. The van der Waals surface area contributed by atoms with Crippen LogP contribution in [0.5, 0.6) is 0 Å². The SMILES string of the molecule is O=C(C(Cc1ccncc1)c1ccccc1)N1CCN(c2ncccn2)CC1. The van der Waals surface area contributed by atoms with Gasteiger partial charge in [-0.05, 0) is 35.7 Å². The van der Waals surface area contributed by atoms with Gasteiger partial charge in [0, 0.05) is 51.0 Å². The van der Waals surface area contributed by atoms with Crippen molar-refractivity contribution in [2.24, 2.45) is 0 Å². The first-order valence-electron chi connectivity index (χ1n) is 9.56. The van der Waals surface area contributed by atoms with E-state index in [0.717, 1.165) is 30.2 Å². The number of carbonyl (C=O) groups is 1. The van der Waals surface area contributed by atoms with Crippen molar-refractivity contribution in [1.82, 2.24) is 19.9 Å². The van der Waals surface area contributed by atoms with Crippen molar-refractivity contribution in [3.63, 3.8) is 0 Å². The van der Waals surface area contributed by atoms with Crippen molar-refractivity contribution in [2.75, 3.05) is 31.1 Å². The Morgan fingerprint density at radius 3 is 2.21 bits per heavy atom. The summed E-state index contributed by atoms with van der Waals surface area (Å²) in [5.74, 6) is 0.714. The zero-order valence-electron chi connectivity index (χ0n) is 15.7. The molecule has 0 saturated carbocycles. The fourth-order valence-corrected chi connectivity index (χ4v) is 3.59. The van der Waals surface area contributed by atoms with Gasteiger partial charge in [-0.1, -0.05) is 30.3 Å². The molecule has 0 aliphatic carbocycles. The quantitative estimate of drug-likeness (QED) is 0.688. The molecule has 1 aromatic carbocycles. The first-order valence-corrected chi connectivity index (χ1v) is 9.56. The molecule has 6 heteroatoms. The van der Waals surface area contributed by atoms with Crippen LogP contribution in [-0.4, -0.2) is 51.9 Å². The largest absolute Gasteiger partial charge is 0.339 e. The van der Waals surface area contributed by atoms with Gasteiger partial charge in [-0.3, -0.25) is 9.78 Å². The predicted molar refractivity (Wildman–Crippen MR) is 108 cm³/mol. The van der Waals surface area contributed by atoms with Crippen LogP contribution in [0.25, 0.3) is 0 Å². The molecule has 1 saturated heterocycles. The van der Waals surface area contributed by atoms with E-state index in [9.17, 15) is 4.79 Å². The molecule has 2 aromatic heterocycles. The molecule has 1 unspecified atom stereocenters. The smallest absolute Gasteiger partial charge is 0.230 e. The Labute approximate surface area is 164 Å². The second-order valence-corrected chi connectivity index (χ2v) is 6.88. The average molecular weight is 373 g/mol. The summed E-state index contributed by atoms with van der Waals surface area (Å²) in [7, 11) is 0. The van der Waals surface area contributed by atoms with Gasteiger partial charge >= 0.3 is 0 Å². The molecule has 1 amide bonds. The van der Waals surface area contributed by atoms with Crippen molar-refractivity contribution in [3.8, 4) is 0 Å². The Balaban J connectivity index is 1.48. The van der Waals surface area contributed by atoms with Crippen molar-refractivity contribution in [2.45, 2.75) is 12.3 Å². The number of hydrogen-bond donors (Lipinski definition) is 0. The summed E-state index contributed by atoms with van der Waals surface area (Å²) < 4.78 is 0. The second-order valence-electron chi connectivity index (χ2n) is 6.88. The van der Waals surface area contributed by atoms with E-state index in [2.05, 4.69) is 19.9 Å². The summed E-state index contributed by atoms with van der Waals surface area (Å²) >= 11 is 0. The molecule has 6 nitrogen and oxygen atoms in total. The number of benzene rings is 1. The van der Waals surface area contributed by atoms with Gasteiger partial charge in [0.25, 0.3) is 0 Å². The van der Waals surface area contributed by atoms with Gasteiger partial charge in [-0.2, -0.15) is 0 Å². The van der Waals surface area contributed by atoms with Crippen LogP contribution in [0.2, 0.25) is 0 Å². The third kappa shape index (κ3) is 4.17. The number of amides is 1. The number of anilines is 1. The molecule has 142 valence electrons. The maximum Gasteiger partial charge on any atom is 0.230 e. The first-order chi connectivity index (χ1) is 13.8. The zero-order chi connectivity index (χ0) is 19.2. The van der Waals surface area contributed by atoms with Gasteiger partial charge in [0.05, 0.1) is 5.92 Å². The van der Waals surface area contributed by atoms with Crippen LogP contribution < -0.4 is 4.90 Å². The van der Waals surface area contributed by atoms with Crippen LogP contribution in [0.3, 0.4) is 0 Å². The Hall–Kier alpha value is -3.28. The van der Waals surface area contributed by atoms with Gasteiger partial charge in [0.2, 0.25) is 11.9 Å². The highest BCUT2D eigenvalue weighted by Gasteiger charge is 2.29. The summed E-state index contributed by atoms with van der Waals surface area (Å²) in [5, 5.41) is 0. The fraction of sp³-hybridized carbons (Fsp3) is 0.273. The average Bonchev–Trinajstić information content (AvgIpc) is 2.79. The van der Waals surface area contributed by atoms with Gasteiger partial charge in [-0.25, -0.2) is 9.97 Å². The highest BCUT2D eigenvalue weighted by Crippen LogP contribution is 2.24. The Morgan fingerprint density at radius 1 is 0.857 bits per heavy atom. The van der Waals surface area contributed by atoms with E-state index in [1.807, 2.05) is 53.4 Å². The zero-order valence-corrected chi connectivity index (χ0v) is 15.7. The highest BCUT2D eigenvalue weighted by molar-refractivity contribution is 5.84.